The Bertz CT molecular complexity index is 1080. The van der Waals surface area contributed by atoms with Gasteiger partial charge >= 0.3 is 0 Å². The number of hydrogen-bond donors (Lipinski definition) is 0. The van der Waals surface area contributed by atoms with Gasteiger partial charge in [0.15, 0.2) is 0 Å². The molecule has 0 aliphatic rings. The highest BCUT2D eigenvalue weighted by atomic mass is 32.1. The van der Waals surface area contributed by atoms with Crippen molar-refractivity contribution in [1.29, 1.82) is 0 Å². The van der Waals surface area contributed by atoms with E-state index in [9.17, 15) is 4.39 Å². The van der Waals surface area contributed by atoms with Crippen LogP contribution in [0.2, 0.25) is 0 Å². The number of hydrogen-bond acceptors (Lipinski definition) is 4. The lowest BCUT2D eigenvalue weighted by atomic mass is 10.1. The highest BCUT2D eigenvalue weighted by molar-refractivity contribution is 7.09. The Morgan fingerprint density at radius 1 is 0.806 bits per heavy atom. The average molecular weight is 433 g/mol. The van der Waals surface area contributed by atoms with Crippen molar-refractivity contribution in [2.24, 2.45) is 0 Å². The van der Waals surface area contributed by atoms with E-state index in [0.717, 1.165) is 47.2 Å². The summed E-state index contributed by atoms with van der Waals surface area (Å²) < 4.78 is 19.2. The van der Waals surface area contributed by atoms with Crippen LogP contribution in [-0.2, 0) is 26.2 Å². The van der Waals surface area contributed by atoms with Crippen LogP contribution in [0.4, 0.5) is 4.39 Å². The van der Waals surface area contributed by atoms with Gasteiger partial charge in [-0.3, -0.25) is 4.90 Å². The first-order valence-corrected chi connectivity index (χ1v) is 11.2. The molecule has 0 unspecified atom stereocenters. The lowest BCUT2D eigenvalue weighted by Gasteiger charge is -2.22. The maximum atomic E-state index is 13.3. The number of rotatable bonds is 9. The van der Waals surface area contributed by atoms with E-state index >= 15 is 0 Å². The van der Waals surface area contributed by atoms with Crippen LogP contribution in [0.1, 0.15) is 27.4 Å². The van der Waals surface area contributed by atoms with Gasteiger partial charge in [-0.2, -0.15) is 0 Å². The van der Waals surface area contributed by atoms with Crippen molar-refractivity contribution < 1.29 is 9.13 Å². The van der Waals surface area contributed by atoms with E-state index in [-0.39, 0.29) is 5.82 Å². The van der Waals surface area contributed by atoms with Crippen molar-refractivity contribution in [2.75, 3.05) is 0 Å². The molecule has 31 heavy (non-hydrogen) atoms. The van der Waals surface area contributed by atoms with E-state index in [1.165, 1.54) is 17.7 Å². The topological polar surface area (TPSA) is 25.4 Å². The summed E-state index contributed by atoms with van der Waals surface area (Å²) in [5.41, 5.74) is 4.47. The Morgan fingerprint density at radius 3 is 2.06 bits per heavy atom. The van der Waals surface area contributed by atoms with E-state index in [0.29, 0.717) is 6.61 Å². The molecule has 158 valence electrons. The maximum absolute atomic E-state index is 13.3. The van der Waals surface area contributed by atoms with E-state index < -0.39 is 0 Å². The molecule has 0 fully saturated rings. The largest absolute Gasteiger partial charge is 0.489 e. The maximum Gasteiger partial charge on any atom is 0.123 e. The van der Waals surface area contributed by atoms with Gasteiger partial charge in [-0.05, 0) is 47.9 Å². The standard InChI is InChI=1S/C26H25FN2OS/c1-20-19-31-26(28-20)17-29(15-21-7-11-24(27)12-8-21)16-22-9-13-25(14-10-22)30-18-23-5-3-2-4-6-23/h2-14,19H,15-18H2,1H3. The first kappa shape index (κ1) is 21.2. The van der Waals surface area contributed by atoms with Crippen molar-refractivity contribution in [3.63, 3.8) is 0 Å². The summed E-state index contributed by atoms with van der Waals surface area (Å²) in [7, 11) is 0. The van der Waals surface area contributed by atoms with Gasteiger partial charge in [0, 0.05) is 24.2 Å². The van der Waals surface area contributed by atoms with Crippen LogP contribution in [0.15, 0.2) is 84.2 Å². The summed E-state index contributed by atoms with van der Waals surface area (Å²) in [6.45, 7) is 4.82. The zero-order chi connectivity index (χ0) is 21.5. The smallest absolute Gasteiger partial charge is 0.123 e. The fourth-order valence-electron chi connectivity index (χ4n) is 3.37. The molecule has 1 heterocycles. The first-order chi connectivity index (χ1) is 15.1. The second kappa shape index (κ2) is 10.3. The van der Waals surface area contributed by atoms with Crippen LogP contribution in [0.25, 0.3) is 0 Å². The van der Waals surface area contributed by atoms with Crippen LogP contribution >= 0.6 is 11.3 Å². The van der Waals surface area contributed by atoms with Crippen LogP contribution in [0.3, 0.4) is 0 Å². The van der Waals surface area contributed by atoms with E-state index in [4.69, 9.17) is 4.74 Å². The van der Waals surface area contributed by atoms with Gasteiger partial charge in [-0.1, -0.05) is 54.6 Å². The Kier molecular flexibility index (Phi) is 7.07. The number of aromatic nitrogens is 1. The predicted molar refractivity (Wildman–Crippen MR) is 123 cm³/mol. The molecule has 1 aromatic heterocycles. The van der Waals surface area contributed by atoms with E-state index in [1.54, 1.807) is 11.3 Å². The molecule has 4 rings (SSSR count). The molecule has 0 N–H and O–H groups in total. The van der Waals surface area contributed by atoms with Crippen LogP contribution in [0.5, 0.6) is 5.75 Å². The van der Waals surface area contributed by atoms with Crippen molar-refractivity contribution in [1.82, 2.24) is 9.88 Å². The molecule has 0 bridgehead atoms. The fourth-order valence-corrected chi connectivity index (χ4v) is 4.19. The predicted octanol–water partition coefficient (Wildman–Crippen LogP) is 6.37. The number of nitrogens with zero attached hydrogens (tertiary/aromatic N) is 2. The third-order valence-corrected chi connectivity index (χ3v) is 5.87. The number of thiazole rings is 1. The van der Waals surface area contributed by atoms with Crippen molar-refractivity contribution >= 4 is 11.3 Å². The van der Waals surface area contributed by atoms with Gasteiger partial charge in [0.1, 0.15) is 23.2 Å². The molecule has 0 saturated carbocycles. The molecule has 5 heteroatoms. The molecular formula is C26H25FN2OS. The Balaban J connectivity index is 1.41. The molecule has 0 amide bonds. The first-order valence-electron chi connectivity index (χ1n) is 10.3. The molecular weight excluding hydrogens is 407 g/mol. The van der Waals surface area contributed by atoms with E-state index in [1.807, 2.05) is 49.4 Å². The monoisotopic (exact) mass is 432 g/mol. The summed E-state index contributed by atoms with van der Waals surface area (Å²) in [5, 5.41) is 3.16. The number of aryl methyl sites for hydroxylation is 1. The van der Waals surface area contributed by atoms with Crippen LogP contribution in [0, 0.1) is 12.7 Å². The Labute approximate surface area is 186 Å². The quantitative estimate of drug-likeness (QED) is 0.307. The molecule has 3 aromatic carbocycles. The number of ether oxygens (including phenoxy) is 1. The minimum atomic E-state index is -0.211. The third-order valence-electron chi connectivity index (χ3n) is 4.92. The SMILES string of the molecule is Cc1csc(CN(Cc2ccc(F)cc2)Cc2ccc(OCc3ccccc3)cc2)n1. The Hall–Kier alpha value is -3.02. The van der Waals surface area contributed by atoms with Crippen LogP contribution in [-0.4, -0.2) is 9.88 Å². The fraction of sp³-hybridized carbons (Fsp3) is 0.192. The number of benzene rings is 3. The third kappa shape index (κ3) is 6.48. The van der Waals surface area contributed by atoms with Gasteiger partial charge < -0.3 is 4.74 Å². The van der Waals surface area contributed by atoms with E-state index in [2.05, 4.69) is 39.5 Å². The summed E-state index contributed by atoms with van der Waals surface area (Å²) in [4.78, 5) is 6.94. The van der Waals surface area contributed by atoms with Crippen LogP contribution < -0.4 is 4.74 Å². The molecule has 0 saturated heterocycles. The van der Waals surface area contributed by atoms with Gasteiger partial charge in [0.2, 0.25) is 0 Å². The van der Waals surface area contributed by atoms with Gasteiger partial charge in [0.05, 0.1) is 6.54 Å². The molecule has 0 aliphatic heterocycles. The molecule has 4 aromatic rings. The second-order valence-corrected chi connectivity index (χ2v) is 8.52. The summed E-state index contributed by atoms with van der Waals surface area (Å²) in [6.07, 6.45) is 0. The lowest BCUT2D eigenvalue weighted by Crippen LogP contribution is -2.22. The lowest BCUT2D eigenvalue weighted by molar-refractivity contribution is 0.247. The van der Waals surface area contributed by atoms with Crippen molar-refractivity contribution in [3.05, 3.63) is 117 Å². The highest BCUT2D eigenvalue weighted by Crippen LogP contribution is 2.19. The van der Waals surface area contributed by atoms with Gasteiger partial charge in [-0.15, -0.1) is 11.3 Å². The number of halogens is 1. The molecule has 0 aliphatic carbocycles. The minimum absolute atomic E-state index is 0.211. The zero-order valence-corrected chi connectivity index (χ0v) is 18.3. The summed E-state index contributed by atoms with van der Waals surface area (Å²) in [6, 6.07) is 25.1. The van der Waals surface area contributed by atoms with Gasteiger partial charge in [0.25, 0.3) is 0 Å². The minimum Gasteiger partial charge on any atom is -0.489 e. The normalized spacial score (nSPS) is 11.1. The zero-order valence-electron chi connectivity index (χ0n) is 17.5. The average Bonchev–Trinajstić information content (AvgIpc) is 3.20. The molecule has 0 radical (unpaired) electrons. The highest BCUT2D eigenvalue weighted by Gasteiger charge is 2.11. The molecule has 0 spiro atoms. The second-order valence-electron chi connectivity index (χ2n) is 7.57. The summed E-state index contributed by atoms with van der Waals surface area (Å²) >= 11 is 1.68. The van der Waals surface area contributed by atoms with Gasteiger partial charge in [-0.25, -0.2) is 9.37 Å². The van der Waals surface area contributed by atoms with Crippen molar-refractivity contribution in [2.45, 2.75) is 33.2 Å². The molecule has 3 nitrogen and oxygen atoms in total. The molecule has 0 atom stereocenters. The van der Waals surface area contributed by atoms with Crippen molar-refractivity contribution in [3.8, 4) is 5.75 Å². The Morgan fingerprint density at radius 2 is 1.45 bits per heavy atom. The summed E-state index contributed by atoms with van der Waals surface area (Å²) in [5.74, 6) is 0.644.